The summed E-state index contributed by atoms with van der Waals surface area (Å²) in [5.41, 5.74) is 0.00621. The molecule has 0 amide bonds. The SMILES string of the molecule is C=C(CO)C(=O)OCCCC(=O)OC1CC2CCC1O2. The van der Waals surface area contributed by atoms with Gasteiger partial charge in [0.1, 0.15) is 6.10 Å². The van der Waals surface area contributed by atoms with E-state index >= 15 is 0 Å². The third-order valence-corrected chi connectivity index (χ3v) is 3.57. The van der Waals surface area contributed by atoms with Crippen LogP contribution < -0.4 is 0 Å². The number of hydrogen-bond acceptors (Lipinski definition) is 6. The van der Waals surface area contributed by atoms with Gasteiger partial charge in [-0.15, -0.1) is 0 Å². The van der Waals surface area contributed by atoms with Gasteiger partial charge in [0, 0.05) is 12.8 Å². The van der Waals surface area contributed by atoms with Crippen molar-refractivity contribution in [1.29, 1.82) is 0 Å². The minimum absolute atomic E-state index is 0.00621. The molecule has 2 heterocycles. The van der Waals surface area contributed by atoms with Gasteiger partial charge < -0.3 is 19.3 Å². The minimum Gasteiger partial charge on any atom is -0.462 e. The van der Waals surface area contributed by atoms with Crippen molar-refractivity contribution in [2.24, 2.45) is 0 Å². The van der Waals surface area contributed by atoms with Crippen molar-refractivity contribution in [1.82, 2.24) is 0 Å². The molecule has 112 valence electrons. The summed E-state index contributed by atoms with van der Waals surface area (Å²) in [7, 11) is 0. The fourth-order valence-electron chi connectivity index (χ4n) is 2.49. The zero-order valence-corrected chi connectivity index (χ0v) is 11.4. The quantitative estimate of drug-likeness (QED) is 0.421. The Hall–Kier alpha value is -1.40. The number of hydrogen-bond donors (Lipinski definition) is 1. The van der Waals surface area contributed by atoms with Gasteiger partial charge in [-0.1, -0.05) is 6.58 Å². The molecule has 6 nitrogen and oxygen atoms in total. The summed E-state index contributed by atoms with van der Waals surface area (Å²) in [5.74, 6) is -0.925. The lowest BCUT2D eigenvalue weighted by Crippen LogP contribution is -2.28. The molecule has 1 N–H and O–H groups in total. The van der Waals surface area contributed by atoms with Crippen LogP contribution in [0.25, 0.3) is 0 Å². The van der Waals surface area contributed by atoms with E-state index in [1.54, 1.807) is 0 Å². The van der Waals surface area contributed by atoms with Gasteiger partial charge in [0.15, 0.2) is 0 Å². The van der Waals surface area contributed by atoms with Gasteiger partial charge in [-0.2, -0.15) is 0 Å². The summed E-state index contributed by atoms with van der Waals surface area (Å²) in [6.45, 7) is 3.03. The van der Waals surface area contributed by atoms with E-state index in [4.69, 9.17) is 19.3 Å². The molecule has 20 heavy (non-hydrogen) atoms. The van der Waals surface area contributed by atoms with Crippen molar-refractivity contribution in [2.45, 2.75) is 50.4 Å². The van der Waals surface area contributed by atoms with Crippen LogP contribution in [-0.4, -0.2) is 48.6 Å². The lowest BCUT2D eigenvalue weighted by atomic mass is 9.98. The van der Waals surface area contributed by atoms with Crippen molar-refractivity contribution >= 4 is 11.9 Å². The van der Waals surface area contributed by atoms with Crippen LogP contribution in [0.4, 0.5) is 0 Å². The highest BCUT2D eigenvalue weighted by atomic mass is 16.6. The fraction of sp³-hybridized carbons (Fsp3) is 0.714. The van der Waals surface area contributed by atoms with E-state index in [2.05, 4.69) is 6.58 Å². The predicted molar refractivity (Wildman–Crippen MR) is 68.8 cm³/mol. The van der Waals surface area contributed by atoms with Crippen molar-refractivity contribution in [3.05, 3.63) is 12.2 Å². The minimum atomic E-state index is -0.637. The van der Waals surface area contributed by atoms with E-state index in [9.17, 15) is 9.59 Å². The van der Waals surface area contributed by atoms with Crippen LogP contribution >= 0.6 is 0 Å². The van der Waals surface area contributed by atoms with E-state index in [0.29, 0.717) is 6.42 Å². The molecule has 6 heteroatoms. The van der Waals surface area contributed by atoms with Gasteiger partial charge in [-0.25, -0.2) is 4.79 Å². The van der Waals surface area contributed by atoms with Gasteiger partial charge in [-0.05, 0) is 19.3 Å². The summed E-state index contributed by atoms with van der Waals surface area (Å²) in [4.78, 5) is 22.8. The van der Waals surface area contributed by atoms with E-state index in [1.165, 1.54) is 0 Å². The average molecular weight is 284 g/mol. The van der Waals surface area contributed by atoms with Crippen LogP contribution in [0.5, 0.6) is 0 Å². The Kier molecular flexibility index (Phi) is 5.14. The van der Waals surface area contributed by atoms with Crippen molar-refractivity contribution in [3.8, 4) is 0 Å². The fourth-order valence-corrected chi connectivity index (χ4v) is 2.49. The normalized spacial score (nSPS) is 27.4. The lowest BCUT2D eigenvalue weighted by Gasteiger charge is -2.19. The number of aliphatic hydroxyl groups excluding tert-OH is 1. The molecule has 0 aromatic rings. The topological polar surface area (TPSA) is 82.1 Å². The molecular weight excluding hydrogens is 264 g/mol. The maximum atomic E-state index is 11.6. The highest BCUT2D eigenvalue weighted by Gasteiger charge is 2.42. The largest absolute Gasteiger partial charge is 0.462 e. The molecule has 2 aliphatic heterocycles. The maximum Gasteiger partial charge on any atom is 0.335 e. The molecule has 2 bridgehead atoms. The molecule has 0 aromatic carbocycles. The summed E-state index contributed by atoms with van der Waals surface area (Å²) < 4.78 is 15.8. The van der Waals surface area contributed by atoms with Gasteiger partial charge in [0.05, 0.1) is 31.0 Å². The van der Waals surface area contributed by atoms with Crippen molar-refractivity contribution in [3.63, 3.8) is 0 Å². The third-order valence-electron chi connectivity index (χ3n) is 3.57. The molecule has 2 rings (SSSR count). The monoisotopic (exact) mass is 284 g/mol. The molecule has 3 atom stereocenters. The molecular formula is C14H20O6. The number of esters is 2. The Bertz CT molecular complexity index is 391. The third kappa shape index (κ3) is 3.80. The van der Waals surface area contributed by atoms with Crippen molar-refractivity contribution < 1.29 is 28.9 Å². The molecule has 2 saturated heterocycles. The number of carbonyl (C=O) groups excluding carboxylic acids is 2. The number of carbonyl (C=O) groups is 2. The van der Waals surface area contributed by atoms with Crippen LogP contribution in [-0.2, 0) is 23.8 Å². The Morgan fingerprint density at radius 3 is 2.75 bits per heavy atom. The first kappa shape index (κ1) is 15.0. The molecule has 2 fully saturated rings. The Morgan fingerprint density at radius 2 is 2.15 bits per heavy atom. The van der Waals surface area contributed by atoms with Gasteiger partial charge >= 0.3 is 11.9 Å². The first-order valence-electron chi connectivity index (χ1n) is 6.91. The Morgan fingerprint density at radius 1 is 1.35 bits per heavy atom. The number of aliphatic hydroxyl groups is 1. The molecule has 0 aromatic heterocycles. The lowest BCUT2D eigenvalue weighted by molar-refractivity contribution is -0.152. The highest BCUT2D eigenvalue weighted by molar-refractivity contribution is 5.87. The number of ether oxygens (including phenoxy) is 3. The molecule has 0 saturated carbocycles. The second kappa shape index (κ2) is 6.85. The van der Waals surface area contributed by atoms with Crippen LogP contribution in [0.3, 0.4) is 0 Å². The summed E-state index contributed by atoms with van der Waals surface area (Å²) in [5, 5.41) is 8.67. The van der Waals surface area contributed by atoms with E-state index in [0.717, 1.165) is 19.3 Å². The van der Waals surface area contributed by atoms with Crippen LogP contribution in [0.2, 0.25) is 0 Å². The number of rotatable bonds is 7. The van der Waals surface area contributed by atoms with Crippen LogP contribution in [0.15, 0.2) is 12.2 Å². The highest BCUT2D eigenvalue weighted by Crippen LogP contribution is 2.36. The summed E-state index contributed by atoms with van der Waals surface area (Å²) in [6, 6.07) is 0. The van der Waals surface area contributed by atoms with E-state index < -0.39 is 12.6 Å². The summed E-state index contributed by atoms with van der Waals surface area (Å²) in [6.07, 6.45) is 3.61. The second-order valence-corrected chi connectivity index (χ2v) is 5.14. The smallest absolute Gasteiger partial charge is 0.335 e. The molecule has 0 spiro atoms. The summed E-state index contributed by atoms with van der Waals surface area (Å²) >= 11 is 0. The van der Waals surface area contributed by atoms with Gasteiger partial charge in [0.2, 0.25) is 0 Å². The van der Waals surface area contributed by atoms with Gasteiger partial charge in [-0.3, -0.25) is 4.79 Å². The molecule has 2 aliphatic rings. The second-order valence-electron chi connectivity index (χ2n) is 5.14. The Labute approximate surface area is 117 Å². The van der Waals surface area contributed by atoms with E-state index in [1.807, 2.05) is 0 Å². The predicted octanol–water partition coefficient (Wildman–Crippen LogP) is 0.721. The van der Waals surface area contributed by atoms with Crippen LogP contribution in [0.1, 0.15) is 32.1 Å². The maximum absolute atomic E-state index is 11.6. The standard InChI is InChI=1S/C14H20O6/c1-9(8-15)14(17)18-6-2-3-13(16)20-12-7-10-4-5-11(12)19-10/h10-12,15H,1-8H2. The van der Waals surface area contributed by atoms with Gasteiger partial charge in [0.25, 0.3) is 0 Å². The zero-order valence-electron chi connectivity index (χ0n) is 11.4. The Balaban J connectivity index is 1.57. The number of fused-ring (bicyclic) bond motifs is 2. The first-order valence-corrected chi connectivity index (χ1v) is 6.91. The van der Waals surface area contributed by atoms with E-state index in [-0.39, 0.29) is 42.9 Å². The molecule has 0 radical (unpaired) electrons. The van der Waals surface area contributed by atoms with Crippen molar-refractivity contribution in [2.75, 3.05) is 13.2 Å². The average Bonchev–Trinajstić information content (AvgIpc) is 3.04. The first-order chi connectivity index (χ1) is 9.60. The molecule has 0 aliphatic carbocycles. The molecule has 3 unspecified atom stereocenters. The zero-order chi connectivity index (χ0) is 14.5. The van der Waals surface area contributed by atoms with Crippen LogP contribution in [0, 0.1) is 0 Å².